The Hall–Kier alpha value is -0.670. The van der Waals surface area contributed by atoms with Crippen molar-refractivity contribution in [1.82, 2.24) is 0 Å². The number of halogens is 2. The number of hydrogen-bond donors (Lipinski definition) is 0. The van der Waals surface area contributed by atoms with Gasteiger partial charge in [-0.2, -0.15) is 0 Å². The largest absolute Gasteiger partial charge is 0.550 e. The van der Waals surface area contributed by atoms with Crippen LogP contribution in [0.2, 0.25) is 0 Å². The Morgan fingerprint density at radius 2 is 1.56 bits per heavy atom. The van der Waals surface area contributed by atoms with E-state index in [4.69, 9.17) is 0 Å². The van der Waals surface area contributed by atoms with E-state index in [1.165, 1.54) is 13.8 Å². The number of carboxylic acids is 1. The Morgan fingerprint density at radius 1 is 1.06 bits per heavy atom. The van der Waals surface area contributed by atoms with Crippen LogP contribution in [-0.2, 0) is 4.79 Å². The van der Waals surface area contributed by atoms with Gasteiger partial charge in [-0.1, -0.05) is 25.7 Å². The predicted octanol–water partition coefficient (Wildman–Crippen LogP) is 2.41. The third-order valence-electron chi connectivity index (χ3n) is 2.72. The second-order valence-corrected chi connectivity index (χ2v) is 4.38. The van der Waals surface area contributed by atoms with Crippen molar-refractivity contribution in [2.75, 3.05) is 0 Å². The van der Waals surface area contributed by atoms with Crippen molar-refractivity contribution in [3.8, 4) is 0 Å². The molecule has 0 radical (unpaired) electrons. The van der Waals surface area contributed by atoms with E-state index in [1.807, 2.05) is 0 Å². The molecule has 0 saturated carbocycles. The number of alkyl halides is 2. The molecule has 0 bridgehead atoms. The normalized spacial score (nSPS) is 16.8. The number of carbonyl (C=O) groups excluding carboxylic acids is 1. The lowest BCUT2D eigenvalue weighted by Crippen LogP contribution is -2.35. The molecule has 0 saturated heterocycles. The second kappa shape index (κ2) is 8.48. The van der Waals surface area contributed by atoms with Crippen LogP contribution in [0.4, 0.5) is 8.78 Å². The number of aliphatic carboxylic acids is 1. The Morgan fingerprint density at radius 3 is 1.94 bits per heavy atom. The van der Waals surface area contributed by atoms with Gasteiger partial charge in [0.2, 0.25) is 0 Å². The molecule has 0 aliphatic carbocycles. The summed E-state index contributed by atoms with van der Waals surface area (Å²) in [4.78, 5) is 10.5. The number of unbranched alkanes of at least 4 members (excludes halogenated alkanes) is 3. The number of rotatable bonds is 9. The highest BCUT2D eigenvalue weighted by Gasteiger charge is 2.16. The van der Waals surface area contributed by atoms with Gasteiger partial charge < -0.3 is 9.90 Å². The highest BCUT2D eigenvalue weighted by atomic mass is 19.1. The molecule has 0 amide bonds. The summed E-state index contributed by atoms with van der Waals surface area (Å²) in [5.41, 5.74) is 0. The number of hydrogen-bond acceptors (Lipinski definition) is 2. The lowest BCUT2D eigenvalue weighted by atomic mass is 9.97. The van der Waals surface area contributed by atoms with E-state index in [0.717, 1.165) is 19.3 Å². The first-order valence-electron chi connectivity index (χ1n) is 5.94. The molecule has 0 heterocycles. The minimum atomic E-state index is -1.36. The van der Waals surface area contributed by atoms with Gasteiger partial charge in [-0.15, -0.1) is 0 Å². The molecule has 0 rings (SSSR count). The van der Waals surface area contributed by atoms with E-state index in [-0.39, 0.29) is 0 Å². The van der Waals surface area contributed by atoms with Crippen molar-refractivity contribution in [1.29, 1.82) is 0 Å². The van der Waals surface area contributed by atoms with E-state index < -0.39 is 24.2 Å². The van der Waals surface area contributed by atoms with Crippen LogP contribution in [-0.4, -0.2) is 18.3 Å². The molecule has 3 unspecified atom stereocenters. The standard InChI is InChI=1S/C12H22F2O2/c1-9(13)7-5-3-4-6-8-11(10(2)14)12(15)16/h9-11H,3-8H2,1-2H3,(H,15,16)/p-1. The van der Waals surface area contributed by atoms with Crippen LogP contribution in [0.3, 0.4) is 0 Å². The topological polar surface area (TPSA) is 40.1 Å². The maximum absolute atomic E-state index is 12.8. The maximum Gasteiger partial charge on any atom is 0.105 e. The van der Waals surface area contributed by atoms with Crippen molar-refractivity contribution in [2.45, 2.75) is 64.7 Å². The average molecular weight is 235 g/mol. The van der Waals surface area contributed by atoms with Crippen LogP contribution in [0.15, 0.2) is 0 Å². The molecule has 0 aliphatic rings. The van der Waals surface area contributed by atoms with E-state index in [1.54, 1.807) is 0 Å². The average Bonchev–Trinajstić information content (AvgIpc) is 2.14. The summed E-state index contributed by atoms with van der Waals surface area (Å²) in [6.07, 6.45) is 1.87. The first-order valence-corrected chi connectivity index (χ1v) is 5.94. The number of carbonyl (C=O) groups is 1. The van der Waals surface area contributed by atoms with Crippen LogP contribution in [0.25, 0.3) is 0 Å². The van der Waals surface area contributed by atoms with E-state index in [9.17, 15) is 18.7 Å². The fourth-order valence-electron chi connectivity index (χ4n) is 1.68. The van der Waals surface area contributed by atoms with Crippen LogP contribution < -0.4 is 5.11 Å². The van der Waals surface area contributed by atoms with Gasteiger partial charge >= 0.3 is 0 Å². The zero-order valence-corrected chi connectivity index (χ0v) is 10.0. The molecule has 3 atom stereocenters. The molecule has 0 spiro atoms. The minimum Gasteiger partial charge on any atom is -0.550 e. The number of carboxylic acid groups (broad SMARTS) is 1. The molecule has 0 aromatic carbocycles. The SMILES string of the molecule is CC(F)CCCCCCC(C(=O)[O-])C(C)F. The summed E-state index contributed by atoms with van der Waals surface area (Å²) in [6, 6.07) is 0. The van der Waals surface area contributed by atoms with Crippen molar-refractivity contribution < 1.29 is 18.7 Å². The second-order valence-electron chi connectivity index (χ2n) is 4.38. The summed E-state index contributed by atoms with van der Waals surface area (Å²) in [5.74, 6) is -2.31. The van der Waals surface area contributed by atoms with Crippen LogP contribution in [0.5, 0.6) is 0 Å². The molecular weight excluding hydrogens is 214 g/mol. The molecule has 2 nitrogen and oxygen atoms in total. The van der Waals surface area contributed by atoms with Gasteiger partial charge in [0.25, 0.3) is 0 Å². The molecule has 0 fully saturated rings. The Bertz CT molecular complexity index is 193. The summed E-state index contributed by atoms with van der Waals surface area (Å²) >= 11 is 0. The van der Waals surface area contributed by atoms with Gasteiger partial charge in [0.05, 0.1) is 6.17 Å². The fraction of sp³-hybridized carbons (Fsp3) is 0.917. The monoisotopic (exact) mass is 235 g/mol. The van der Waals surface area contributed by atoms with Crippen LogP contribution in [0.1, 0.15) is 52.4 Å². The highest BCUT2D eigenvalue weighted by molar-refractivity contribution is 5.68. The fourth-order valence-corrected chi connectivity index (χ4v) is 1.68. The predicted molar refractivity (Wildman–Crippen MR) is 57.3 cm³/mol. The van der Waals surface area contributed by atoms with Crippen molar-refractivity contribution in [2.24, 2.45) is 5.92 Å². The highest BCUT2D eigenvalue weighted by Crippen LogP contribution is 2.17. The summed E-state index contributed by atoms with van der Waals surface area (Å²) in [6.45, 7) is 2.77. The molecule has 96 valence electrons. The quantitative estimate of drug-likeness (QED) is 0.576. The third-order valence-corrected chi connectivity index (χ3v) is 2.72. The summed E-state index contributed by atoms with van der Waals surface area (Å²) in [5, 5.41) is 10.5. The zero-order valence-electron chi connectivity index (χ0n) is 10.0. The molecular formula is C12H21F2O2-. The molecule has 0 aliphatic heterocycles. The van der Waals surface area contributed by atoms with Crippen LogP contribution in [0, 0.1) is 5.92 Å². The lowest BCUT2D eigenvalue weighted by Gasteiger charge is -2.18. The first-order chi connectivity index (χ1) is 7.45. The Labute approximate surface area is 96.0 Å². The summed E-state index contributed by atoms with van der Waals surface area (Å²) in [7, 11) is 0. The van der Waals surface area contributed by atoms with Crippen molar-refractivity contribution in [3.05, 3.63) is 0 Å². The van der Waals surface area contributed by atoms with Crippen molar-refractivity contribution >= 4 is 5.97 Å². The van der Waals surface area contributed by atoms with Gasteiger partial charge in [-0.05, 0) is 26.7 Å². The third kappa shape index (κ3) is 7.60. The van der Waals surface area contributed by atoms with E-state index >= 15 is 0 Å². The van der Waals surface area contributed by atoms with Gasteiger partial charge in [0, 0.05) is 11.9 Å². The zero-order chi connectivity index (χ0) is 12.6. The molecule has 0 N–H and O–H groups in total. The van der Waals surface area contributed by atoms with Gasteiger partial charge in [-0.25, -0.2) is 8.78 Å². The van der Waals surface area contributed by atoms with Gasteiger partial charge in [0.15, 0.2) is 0 Å². The Kier molecular flexibility index (Phi) is 8.12. The minimum absolute atomic E-state index is 0.311. The molecule has 0 aromatic heterocycles. The Balaban J connectivity index is 3.52. The van der Waals surface area contributed by atoms with E-state index in [2.05, 4.69) is 0 Å². The molecule has 4 heteroatoms. The lowest BCUT2D eigenvalue weighted by molar-refractivity contribution is -0.313. The maximum atomic E-state index is 12.8. The smallest absolute Gasteiger partial charge is 0.105 e. The summed E-state index contributed by atoms with van der Waals surface area (Å²) < 4.78 is 25.2. The molecule has 16 heavy (non-hydrogen) atoms. The van der Waals surface area contributed by atoms with Gasteiger partial charge in [-0.3, -0.25) is 0 Å². The van der Waals surface area contributed by atoms with Gasteiger partial charge in [0.1, 0.15) is 6.17 Å². The van der Waals surface area contributed by atoms with E-state index in [0.29, 0.717) is 19.3 Å². The van der Waals surface area contributed by atoms with Crippen molar-refractivity contribution in [3.63, 3.8) is 0 Å². The van der Waals surface area contributed by atoms with Crippen LogP contribution >= 0.6 is 0 Å². The first kappa shape index (κ1) is 15.3. The molecule has 0 aromatic rings.